The molecule has 0 saturated heterocycles. The van der Waals surface area contributed by atoms with E-state index >= 15 is 0 Å². The van der Waals surface area contributed by atoms with Crippen molar-refractivity contribution in [2.45, 2.75) is 25.6 Å². The van der Waals surface area contributed by atoms with Gasteiger partial charge in [0.25, 0.3) is 0 Å². The highest BCUT2D eigenvalue weighted by Crippen LogP contribution is 2.29. The van der Waals surface area contributed by atoms with E-state index in [-0.39, 0.29) is 18.2 Å². The number of hydrogen-bond donors (Lipinski definition) is 1. The standard InChI is InChI=1S/C12H17F3N2O2S/c1-3-16-11(6-7-20(2,18)19)10-5-4-9(8-17-10)12(13,14)15/h4-5,8,11,16H,3,6-7H2,1-2H3. The lowest BCUT2D eigenvalue weighted by atomic mass is 10.1. The second kappa shape index (κ2) is 6.53. The van der Waals surface area contributed by atoms with E-state index in [0.717, 1.165) is 18.5 Å². The van der Waals surface area contributed by atoms with Crippen LogP contribution in [0.3, 0.4) is 0 Å². The van der Waals surface area contributed by atoms with Crippen molar-refractivity contribution in [3.8, 4) is 0 Å². The molecule has 0 spiro atoms. The molecule has 1 aromatic rings. The Morgan fingerprint density at radius 1 is 1.35 bits per heavy atom. The second-order valence-corrected chi connectivity index (χ2v) is 6.76. The Bertz CT molecular complexity index is 527. The molecule has 0 bridgehead atoms. The molecule has 0 aliphatic heterocycles. The van der Waals surface area contributed by atoms with Crippen LogP contribution < -0.4 is 5.32 Å². The van der Waals surface area contributed by atoms with Crippen molar-refractivity contribution in [3.05, 3.63) is 29.6 Å². The van der Waals surface area contributed by atoms with E-state index in [2.05, 4.69) is 10.3 Å². The van der Waals surface area contributed by atoms with Crippen molar-refractivity contribution in [2.75, 3.05) is 18.6 Å². The fourth-order valence-corrected chi connectivity index (χ4v) is 2.38. The van der Waals surface area contributed by atoms with Crippen LogP contribution in [0, 0.1) is 0 Å². The molecule has 4 nitrogen and oxygen atoms in total. The molecule has 8 heteroatoms. The fraction of sp³-hybridized carbons (Fsp3) is 0.583. The van der Waals surface area contributed by atoms with Crippen LogP contribution in [-0.4, -0.2) is 32.0 Å². The summed E-state index contributed by atoms with van der Waals surface area (Å²) in [6, 6.07) is 1.85. The first-order valence-electron chi connectivity index (χ1n) is 6.07. The molecule has 0 radical (unpaired) electrons. The lowest BCUT2D eigenvalue weighted by Gasteiger charge is -2.17. The van der Waals surface area contributed by atoms with E-state index in [1.54, 1.807) is 0 Å². The van der Waals surface area contributed by atoms with Gasteiger partial charge >= 0.3 is 6.18 Å². The zero-order valence-corrected chi connectivity index (χ0v) is 12.1. The molecular formula is C12H17F3N2O2S. The van der Waals surface area contributed by atoms with Crippen LogP contribution in [0.15, 0.2) is 18.3 Å². The van der Waals surface area contributed by atoms with Crippen LogP contribution in [0.2, 0.25) is 0 Å². The van der Waals surface area contributed by atoms with E-state index in [1.165, 1.54) is 6.07 Å². The topological polar surface area (TPSA) is 59.1 Å². The summed E-state index contributed by atoms with van der Waals surface area (Å²) in [7, 11) is -3.12. The third-order valence-corrected chi connectivity index (χ3v) is 3.68. The quantitative estimate of drug-likeness (QED) is 0.875. The first kappa shape index (κ1) is 16.9. The number of rotatable bonds is 6. The highest BCUT2D eigenvalue weighted by Gasteiger charge is 2.31. The Hall–Kier alpha value is -1.15. The summed E-state index contributed by atoms with van der Waals surface area (Å²) in [4.78, 5) is 3.79. The molecule has 20 heavy (non-hydrogen) atoms. The molecular weight excluding hydrogens is 293 g/mol. The predicted molar refractivity (Wildman–Crippen MR) is 70.0 cm³/mol. The molecule has 1 unspecified atom stereocenters. The Morgan fingerprint density at radius 2 is 2.00 bits per heavy atom. The minimum absolute atomic E-state index is 0.0482. The lowest BCUT2D eigenvalue weighted by molar-refractivity contribution is -0.137. The van der Waals surface area contributed by atoms with Gasteiger partial charge in [-0.2, -0.15) is 13.2 Å². The summed E-state index contributed by atoms with van der Waals surface area (Å²) in [5.41, 5.74) is -0.414. The van der Waals surface area contributed by atoms with E-state index in [9.17, 15) is 21.6 Å². The summed E-state index contributed by atoms with van der Waals surface area (Å²) in [6.07, 6.45) is -2.27. The fourth-order valence-electron chi connectivity index (χ4n) is 1.71. The van der Waals surface area contributed by atoms with E-state index in [1.807, 2.05) is 6.92 Å². The molecule has 1 aromatic heterocycles. The summed E-state index contributed by atoms with van der Waals surface area (Å²) in [5.74, 6) is -0.0482. The molecule has 1 heterocycles. The number of halogens is 3. The van der Waals surface area contributed by atoms with Gasteiger partial charge in [-0.15, -0.1) is 0 Å². The molecule has 1 N–H and O–H groups in total. The normalized spacial score (nSPS) is 14.2. The summed E-state index contributed by atoms with van der Waals surface area (Å²) in [5, 5.41) is 3.02. The van der Waals surface area contributed by atoms with E-state index in [0.29, 0.717) is 12.2 Å². The predicted octanol–water partition coefficient (Wildman–Crippen LogP) is 2.19. The second-order valence-electron chi connectivity index (χ2n) is 4.50. The van der Waals surface area contributed by atoms with Crippen LogP contribution in [-0.2, 0) is 16.0 Å². The Labute approximate surface area is 116 Å². The lowest BCUT2D eigenvalue weighted by Crippen LogP contribution is -2.24. The Kier molecular flexibility index (Phi) is 5.52. The number of hydrogen-bond acceptors (Lipinski definition) is 4. The van der Waals surface area contributed by atoms with E-state index < -0.39 is 21.6 Å². The third kappa shape index (κ3) is 5.46. The van der Waals surface area contributed by atoms with Crippen LogP contribution in [0.4, 0.5) is 13.2 Å². The zero-order chi connectivity index (χ0) is 15.4. The maximum absolute atomic E-state index is 12.4. The smallest absolute Gasteiger partial charge is 0.309 e. The van der Waals surface area contributed by atoms with Gasteiger partial charge in [-0.25, -0.2) is 8.42 Å². The highest BCUT2D eigenvalue weighted by molar-refractivity contribution is 7.90. The minimum Gasteiger partial charge on any atom is -0.309 e. The van der Waals surface area contributed by atoms with Gasteiger partial charge in [0, 0.05) is 12.5 Å². The molecule has 0 aromatic carbocycles. The van der Waals surface area contributed by atoms with Gasteiger partial charge in [0.1, 0.15) is 9.84 Å². The van der Waals surface area contributed by atoms with Crippen molar-refractivity contribution in [3.63, 3.8) is 0 Å². The molecule has 114 valence electrons. The maximum Gasteiger partial charge on any atom is 0.417 e. The highest BCUT2D eigenvalue weighted by atomic mass is 32.2. The first-order chi connectivity index (χ1) is 9.13. The Morgan fingerprint density at radius 3 is 2.40 bits per heavy atom. The number of aromatic nitrogens is 1. The van der Waals surface area contributed by atoms with Crippen molar-refractivity contribution in [2.24, 2.45) is 0 Å². The van der Waals surface area contributed by atoms with E-state index in [4.69, 9.17) is 0 Å². The average molecular weight is 310 g/mol. The van der Waals surface area contributed by atoms with Gasteiger partial charge in [0.05, 0.1) is 23.1 Å². The van der Waals surface area contributed by atoms with Gasteiger partial charge in [-0.3, -0.25) is 4.98 Å². The monoisotopic (exact) mass is 310 g/mol. The molecule has 0 fully saturated rings. The van der Waals surface area contributed by atoms with Crippen molar-refractivity contribution < 1.29 is 21.6 Å². The van der Waals surface area contributed by atoms with Gasteiger partial charge < -0.3 is 5.32 Å². The number of nitrogens with zero attached hydrogens (tertiary/aromatic N) is 1. The van der Waals surface area contributed by atoms with Crippen LogP contribution >= 0.6 is 0 Å². The van der Waals surface area contributed by atoms with Gasteiger partial charge in [-0.1, -0.05) is 6.92 Å². The molecule has 0 saturated carbocycles. The first-order valence-corrected chi connectivity index (χ1v) is 8.14. The average Bonchev–Trinajstić information content (AvgIpc) is 2.32. The summed E-state index contributed by atoms with van der Waals surface area (Å²) >= 11 is 0. The Balaban J connectivity index is 2.87. The largest absolute Gasteiger partial charge is 0.417 e. The number of sulfone groups is 1. The van der Waals surface area contributed by atoms with Gasteiger partial charge in [0.2, 0.25) is 0 Å². The van der Waals surface area contributed by atoms with Crippen molar-refractivity contribution in [1.29, 1.82) is 0 Å². The van der Waals surface area contributed by atoms with Gasteiger partial charge in [-0.05, 0) is 25.1 Å². The van der Waals surface area contributed by atoms with Crippen molar-refractivity contribution in [1.82, 2.24) is 10.3 Å². The van der Waals surface area contributed by atoms with Crippen LogP contribution in [0.25, 0.3) is 0 Å². The molecule has 0 aliphatic rings. The van der Waals surface area contributed by atoms with Crippen molar-refractivity contribution >= 4 is 9.84 Å². The number of nitrogens with one attached hydrogen (secondary N) is 1. The number of pyridine rings is 1. The molecule has 1 rings (SSSR count). The maximum atomic E-state index is 12.4. The number of alkyl halides is 3. The third-order valence-electron chi connectivity index (χ3n) is 2.70. The molecule has 0 aliphatic carbocycles. The molecule has 0 amide bonds. The molecule has 1 atom stereocenters. The minimum atomic E-state index is -4.42. The van der Waals surface area contributed by atoms with Gasteiger partial charge in [0.15, 0.2) is 0 Å². The van der Waals surface area contributed by atoms with Crippen LogP contribution in [0.5, 0.6) is 0 Å². The summed E-state index contributed by atoms with van der Waals surface area (Å²) in [6.45, 7) is 2.40. The SMILES string of the molecule is CCNC(CCS(C)(=O)=O)c1ccc(C(F)(F)F)cn1. The summed E-state index contributed by atoms with van der Waals surface area (Å²) < 4.78 is 59.6. The zero-order valence-electron chi connectivity index (χ0n) is 11.2. The van der Waals surface area contributed by atoms with Crippen LogP contribution in [0.1, 0.15) is 30.6 Å².